The molecule has 3 rings (SSSR count). The largest absolute Gasteiger partial charge is 0.444 e. The number of hydrogen-bond donors (Lipinski definition) is 1. The van der Waals surface area contributed by atoms with Gasteiger partial charge in [0.15, 0.2) is 0 Å². The monoisotopic (exact) mass is 888 g/mol. The van der Waals surface area contributed by atoms with E-state index in [1.807, 2.05) is 75.4 Å². The second kappa shape index (κ2) is 35.8. The molecule has 0 aromatic heterocycles. The maximum Gasteiger partial charge on any atom is 0.407 e. The molecule has 1 amide bonds. The molecule has 0 radical (unpaired) electrons. The van der Waals surface area contributed by atoms with Crippen LogP contribution in [0.1, 0.15) is 37.5 Å². The number of benzene rings is 3. The number of nitrogens with one attached hydrogen (secondary N) is 1. The molecular weight excluding hydrogens is 815 g/mol. The van der Waals surface area contributed by atoms with Gasteiger partial charge in [-0.2, -0.15) is 0 Å². The smallest absolute Gasteiger partial charge is 0.407 e. The van der Waals surface area contributed by atoms with Crippen molar-refractivity contribution in [1.29, 1.82) is 0 Å². The standard InChI is InChI=1S/C48H73NO14/c1-47(2,3)63-46(50)49-19-20-51-21-22-52-23-24-53-25-26-54-27-28-55-29-30-56-31-32-57-33-34-58-35-36-59-37-38-60-39-40-61-41-42-62-48(43-13-7-4-8-14-43,44-15-9-5-10-16-44)45-17-11-6-12-18-45/h4-18H,19-42H2,1-3H3,(H,49,50). The van der Waals surface area contributed by atoms with Gasteiger partial charge in [0.1, 0.15) is 11.2 Å². The molecule has 0 aliphatic rings. The van der Waals surface area contributed by atoms with Crippen molar-refractivity contribution < 1.29 is 66.4 Å². The van der Waals surface area contributed by atoms with Crippen LogP contribution in [0, 0.1) is 0 Å². The van der Waals surface area contributed by atoms with Crippen LogP contribution in [0.15, 0.2) is 91.0 Å². The molecule has 0 unspecified atom stereocenters. The van der Waals surface area contributed by atoms with Crippen LogP contribution < -0.4 is 5.32 Å². The summed E-state index contributed by atoms with van der Waals surface area (Å²) in [6, 6.07) is 31.0. The fraction of sp³-hybridized carbons (Fsp3) is 0.604. The van der Waals surface area contributed by atoms with Crippen LogP contribution in [-0.2, 0) is 67.2 Å². The Labute approximate surface area is 375 Å². The van der Waals surface area contributed by atoms with Gasteiger partial charge in [-0.1, -0.05) is 91.0 Å². The number of carbonyl (C=O) groups excluding carboxylic acids is 1. The van der Waals surface area contributed by atoms with Gasteiger partial charge in [0.25, 0.3) is 0 Å². The van der Waals surface area contributed by atoms with Gasteiger partial charge in [-0.05, 0) is 37.5 Å². The van der Waals surface area contributed by atoms with Crippen LogP contribution in [0.2, 0.25) is 0 Å². The van der Waals surface area contributed by atoms with Gasteiger partial charge in [0, 0.05) is 6.54 Å². The van der Waals surface area contributed by atoms with Crippen LogP contribution >= 0.6 is 0 Å². The van der Waals surface area contributed by atoms with Crippen LogP contribution in [0.4, 0.5) is 4.79 Å². The zero-order chi connectivity index (χ0) is 44.8. The van der Waals surface area contributed by atoms with E-state index in [1.165, 1.54) is 0 Å². The third-order valence-electron chi connectivity index (χ3n) is 8.72. The summed E-state index contributed by atoms with van der Waals surface area (Å²) >= 11 is 0. The molecule has 0 spiro atoms. The second-order valence-electron chi connectivity index (χ2n) is 14.8. The first-order valence-electron chi connectivity index (χ1n) is 22.0. The minimum Gasteiger partial charge on any atom is -0.444 e. The van der Waals surface area contributed by atoms with Crippen molar-refractivity contribution in [2.45, 2.75) is 32.0 Å². The van der Waals surface area contributed by atoms with E-state index in [4.69, 9.17) is 61.6 Å². The Morgan fingerprint density at radius 3 is 0.857 bits per heavy atom. The lowest BCUT2D eigenvalue weighted by atomic mass is 9.80. The molecule has 0 aliphatic carbocycles. The summed E-state index contributed by atoms with van der Waals surface area (Å²) in [5, 5.41) is 2.63. The molecule has 0 saturated heterocycles. The second-order valence-corrected chi connectivity index (χ2v) is 14.8. The molecule has 3 aromatic carbocycles. The highest BCUT2D eigenvalue weighted by Gasteiger charge is 2.37. The van der Waals surface area contributed by atoms with Crippen molar-refractivity contribution in [2.24, 2.45) is 0 Å². The molecular formula is C48H73NO14. The Morgan fingerprint density at radius 2 is 0.603 bits per heavy atom. The Hall–Kier alpha value is -3.55. The van der Waals surface area contributed by atoms with Gasteiger partial charge in [0.05, 0.1) is 152 Å². The normalized spacial score (nSPS) is 11.9. The number of rotatable bonds is 40. The molecule has 1 N–H and O–H groups in total. The quantitative estimate of drug-likeness (QED) is 0.0550. The van der Waals surface area contributed by atoms with Gasteiger partial charge in [-0.25, -0.2) is 4.79 Å². The van der Waals surface area contributed by atoms with Gasteiger partial charge in [0.2, 0.25) is 0 Å². The maximum atomic E-state index is 11.5. The fourth-order valence-corrected chi connectivity index (χ4v) is 5.86. The molecule has 15 heteroatoms. The van der Waals surface area contributed by atoms with E-state index in [2.05, 4.69) is 41.7 Å². The number of amides is 1. The Morgan fingerprint density at radius 1 is 0.365 bits per heavy atom. The first-order chi connectivity index (χ1) is 30.9. The van der Waals surface area contributed by atoms with E-state index in [0.717, 1.165) is 16.7 Å². The molecule has 0 aliphatic heterocycles. The zero-order valence-electron chi connectivity index (χ0n) is 37.8. The average molecular weight is 888 g/mol. The summed E-state index contributed by atoms with van der Waals surface area (Å²) in [6.07, 6.45) is -0.455. The predicted octanol–water partition coefficient (Wildman–Crippen LogP) is 5.70. The van der Waals surface area contributed by atoms with Crippen molar-refractivity contribution in [3.8, 4) is 0 Å². The van der Waals surface area contributed by atoms with Crippen LogP contribution in [0.25, 0.3) is 0 Å². The maximum absolute atomic E-state index is 11.5. The first-order valence-corrected chi connectivity index (χ1v) is 22.0. The van der Waals surface area contributed by atoms with Crippen molar-refractivity contribution in [2.75, 3.05) is 159 Å². The summed E-state index contributed by atoms with van der Waals surface area (Å²) in [7, 11) is 0. The van der Waals surface area contributed by atoms with E-state index in [1.54, 1.807) is 0 Å². The zero-order valence-corrected chi connectivity index (χ0v) is 37.8. The molecule has 3 aromatic rings. The Bertz CT molecular complexity index is 1390. The van der Waals surface area contributed by atoms with Gasteiger partial charge in [-0.15, -0.1) is 0 Å². The van der Waals surface area contributed by atoms with E-state index in [0.29, 0.717) is 159 Å². The summed E-state index contributed by atoms with van der Waals surface area (Å²) in [5.41, 5.74) is 1.91. The van der Waals surface area contributed by atoms with E-state index < -0.39 is 17.3 Å². The summed E-state index contributed by atoms with van der Waals surface area (Å²) in [6.45, 7) is 16.6. The molecule has 0 heterocycles. The van der Waals surface area contributed by atoms with E-state index in [9.17, 15) is 4.79 Å². The fourth-order valence-electron chi connectivity index (χ4n) is 5.86. The van der Waals surface area contributed by atoms with Crippen molar-refractivity contribution in [3.05, 3.63) is 108 Å². The Kier molecular flexibility index (Phi) is 30.5. The number of hydrogen-bond acceptors (Lipinski definition) is 14. The van der Waals surface area contributed by atoms with Gasteiger partial charge < -0.3 is 66.9 Å². The van der Waals surface area contributed by atoms with Crippen LogP contribution in [0.5, 0.6) is 0 Å². The number of alkyl carbamates (subject to hydrolysis) is 1. The summed E-state index contributed by atoms with van der Waals surface area (Å²) in [5.74, 6) is 0. The molecule has 354 valence electrons. The number of carbonyl (C=O) groups is 1. The molecule has 15 nitrogen and oxygen atoms in total. The van der Waals surface area contributed by atoms with Crippen LogP contribution in [0.3, 0.4) is 0 Å². The molecule has 63 heavy (non-hydrogen) atoms. The average Bonchev–Trinajstić information content (AvgIpc) is 3.29. The highest BCUT2D eigenvalue weighted by atomic mass is 16.6. The lowest BCUT2D eigenvalue weighted by molar-refractivity contribution is -0.0399. The highest BCUT2D eigenvalue weighted by Crippen LogP contribution is 2.40. The minimum atomic E-state index is -0.758. The molecule has 0 fully saturated rings. The molecule has 0 atom stereocenters. The SMILES string of the molecule is CC(C)(C)OC(=O)NCCOCCOCCOCCOCCOCCOCCOCCOCCOCCOCCOCCOC(c1ccccc1)(c1ccccc1)c1ccccc1. The first kappa shape index (κ1) is 53.8. The van der Waals surface area contributed by atoms with Gasteiger partial charge >= 0.3 is 6.09 Å². The molecule has 0 saturated carbocycles. The third-order valence-corrected chi connectivity index (χ3v) is 8.72. The third kappa shape index (κ3) is 26.1. The van der Waals surface area contributed by atoms with Crippen molar-refractivity contribution in [3.63, 3.8) is 0 Å². The number of ether oxygens (including phenoxy) is 13. The Balaban J connectivity index is 0.999. The summed E-state index contributed by atoms with van der Waals surface area (Å²) < 4.78 is 73.0. The van der Waals surface area contributed by atoms with Crippen LogP contribution in [-0.4, -0.2) is 170 Å². The lowest BCUT2D eigenvalue weighted by Crippen LogP contribution is -2.34. The van der Waals surface area contributed by atoms with Crippen molar-refractivity contribution in [1.82, 2.24) is 5.32 Å². The minimum absolute atomic E-state index is 0.378. The van der Waals surface area contributed by atoms with Gasteiger partial charge in [-0.3, -0.25) is 0 Å². The summed E-state index contributed by atoms with van der Waals surface area (Å²) in [4.78, 5) is 11.5. The van der Waals surface area contributed by atoms with Crippen molar-refractivity contribution >= 4 is 6.09 Å². The topological polar surface area (TPSA) is 149 Å². The predicted molar refractivity (Wildman–Crippen MR) is 238 cm³/mol. The van der Waals surface area contributed by atoms with E-state index in [-0.39, 0.29) is 0 Å². The molecule has 0 bridgehead atoms. The highest BCUT2D eigenvalue weighted by molar-refractivity contribution is 5.67. The van der Waals surface area contributed by atoms with E-state index >= 15 is 0 Å². The lowest BCUT2D eigenvalue weighted by Gasteiger charge is -2.36.